The van der Waals surface area contributed by atoms with Crippen molar-refractivity contribution < 1.29 is 0 Å². The molecule has 0 aliphatic rings. The molecule has 0 aliphatic carbocycles. The van der Waals surface area contributed by atoms with E-state index in [1.807, 2.05) is 0 Å². The van der Waals surface area contributed by atoms with Crippen LogP contribution in [0.15, 0.2) is 45.6 Å². The Bertz CT molecular complexity index is 522. The van der Waals surface area contributed by atoms with Crippen molar-refractivity contribution >= 4 is 27.3 Å². The van der Waals surface area contributed by atoms with Crippen LogP contribution in [0.3, 0.4) is 0 Å². The van der Waals surface area contributed by atoms with Crippen LogP contribution in [0.4, 0.5) is 0 Å². The number of benzene rings is 1. The predicted octanol–water partition coefficient (Wildman–Crippen LogP) is 5.16. The van der Waals surface area contributed by atoms with E-state index < -0.39 is 0 Å². The molecule has 3 heteroatoms. The zero-order valence-corrected chi connectivity index (χ0v) is 15.2. The fourth-order valence-corrected chi connectivity index (χ4v) is 3.64. The van der Waals surface area contributed by atoms with Gasteiger partial charge in [-0.05, 0) is 71.8 Å². The van der Waals surface area contributed by atoms with Gasteiger partial charge in [0.05, 0.1) is 0 Å². The third-order valence-corrected chi connectivity index (χ3v) is 5.06. The first-order chi connectivity index (χ1) is 10.1. The fourth-order valence-electron chi connectivity index (χ4n) is 2.51. The Morgan fingerprint density at radius 3 is 2.57 bits per heavy atom. The number of nitrogens with one attached hydrogen (secondary N) is 1. The summed E-state index contributed by atoms with van der Waals surface area (Å²) < 4.78 is 1.23. The highest BCUT2D eigenvalue weighted by molar-refractivity contribution is 9.10. The van der Waals surface area contributed by atoms with E-state index >= 15 is 0 Å². The molecule has 2 rings (SSSR count). The third kappa shape index (κ3) is 5.93. The summed E-state index contributed by atoms with van der Waals surface area (Å²) in [4.78, 5) is 0. The lowest BCUT2D eigenvalue weighted by Crippen LogP contribution is -2.28. The lowest BCUT2D eigenvalue weighted by Gasteiger charge is -2.19. The summed E-state index contributed by atoms with van der Waals surface area (Å²) in [7, 11) is 0. The lowest BCUT2D eigenvalue weighted by molar-refractivity contribution is 0.445. The van der Waals surface area contributed by atoms with E-state index in [0.29, 0.717) is 11.8 Å². The number of rotatable bonds is 8. The third-order valence-electron chi connectivity index (χ3n) is 3.56. The fraction of sp³-hybridized carbons (Fsp3) is 0.444. The van der Waals surface area contributed by atoms with Crippen LogP contribution < -0.4 is 5.32 Å². The molecular weight excluding hydrogens is 342 g/mol. The van der Waals surface area contributed by atoms with E-state index in [-0.39, 0.29) is 0 Å². The van der Waals surface area contributed by atoms with Gasteiger partial charge >= 0.3 is 0 Å². The van der Waals surface area contributed by atoms with Gasteiger partial charge in [0.15, 0.2) is 0 Å². The summed E-state index contributed by atoms with van der Waals surface area (Å²) in [6.45, 7) is 6.69. The zero-order valence-electron chi connectivity index (χ0n) is 12.8. The van der Waals surface area contributed by atoms with Gasteiger partial charge in [0.2, 0.25) is 0 Å². The van der Waals surface area contributed by atoms with Crippen molar-refractivity contribution in [3.05, 3.63) is 56.7 Å². The highest BCUT2D eigenvalue weighted by Gasteiger charge is 2.13. The smallest absolute Gasteiger partial charge is 0.0207 e. The molecular formula is C18H24BrNS. The summed E-state index contributed by atoms with van der Waals surface area (Å²) in [5.41, 5.74) is 2.87. The second kappa shape index (κ2) is 8.72. The Hall–Kier alpha value is -0.640. The average Bonchev–Trinajstić information content (AvgIpc) is 2.93. The summed E-state index contributed by atoms with van der Waals surface area (Å²) in [5.74, 6) is 1.34. The second-order valence-electron chi connectivity index (χ2n) is 6.05. The molecule has 21 heavy (non-hydrogen) atoms. The van der Waals surface area contributed by atoms with Crippen molar-refractivity contribution in [2.45, 2.75) is 26.7 Å². The molecule has 0 spiro atoms. The largest absolute Gasteiger partial charge is 0.316 e. The van der Waals surface area contributed by atoms with Crippen LogP contribution in [0.2, 0.25) is 0 Å². The van der Waals surface area contributed by atoms with Crippen LogP contribution in [-0.4, -0.2) is 13.1 Å². The van der Waals surface area contributed by atoms with E-state index in [4.69, 9.17) is 0 Å². The molecule has 0 bridgehead atoms. The quantitative estimate of drug-likeness (QED) is 0.681. The normalized spacial score (nSPS) is 12.8. The predicted molar refractivity (Wildman–Crippen MR) is 97.1 cm³/mol. The van der Waals surface area contributed by atoms with E-state index in [2.05, 4.69) is 76.2 Å². The molecule has 0 radical (unpaired) electrons. The Kier molecular flexibility index (Phi) is 6.94. The highest BCUT2D eigenvalue weighted by atomic mass is 79.9. The van der Waals surface area contributed by atoms with Gasteiger partial charge in [-0.1, -0.05) is 48.0 Å². The van der Waals surface area contributed by atoms with Gasteiger partial charge in [0, 0.05) is 4.47 Å². The number of hydrogen-bond acceptors (Lipinski definition) is 2. The first-order valence-corrected chi connectivity index (χ1v) is 9.34. The van der Waals surface area contributed by atoms with E-state index in [1.54, 1.807) is 11.3 Å². The van der Waals surface area contributed by atoms with Gasteiger partial charge < -0.3 is 5.32 Å². The minimum Gasteiger partial charge on any atom is -0.316 e. The second-order valence-corrected chi connectivity index (χ2v) is 7.68. The Labute approximate surface area is 140 Å². The van der Waals surface area contributed by atoms with Crippen molar-refractivity contribution in [2.24, 2.45) is 11.8 Å². The molecule has 2 aromatic rings. The molecule has 1 nitrogen and oxygen atoms in total. The van der Waals surface area contributed by atoms with Gasteiger partial charge in [-0.2, -0.15) is 11.3 Å². The van der Waals surface area contributed by atoms with Gasteiger partial charge in [-0.3, -0.25) is 0 Å². The van der Waals surface area contributed by atoms with E-state index in [1.165, 1.54) is 15.6 Å². The molecule has 1 aromatic carbocycles. The molecule has 0 amide bonds. The first kappa shape index (κ1) is 16.7. The summed E-state index contributed by atoms with van der Waals surface area (Å²) in [6, 6.07) is 10.8. The maximum atomic E-state index is 3.68. The Morgan fingerprint density at radius 1 is 1.10 bits per heavy atom. The monoisotopic (exact) mass is 365 g/mol. The number of hydrogen-bond donors (Lipinski definition) is 1. The van der Waals surface area contributed by atoms with Crippen LogP contribution >= 0.6 is 27.3 Å². The van der Waals surface area contributed by atoms with Gasteiger partial charge in [-0.15, -0.1) is 0 Å². The van der Waals surface area contributed by atoms with Crippen molar-refractivity contribution in [1.82, 2.24) is 5.32 Å². The molecule has 0 saturated heterocycles. The highest BCUT2D eigenvalue weighted by Crippen LogP contribution is 2.22. The maximum absolute atomic E-state index is 3.68. The molecule has 0 fully saturated rings. The van der Waals surface area contributed by atoms with Crippen LogP contribution in [-0.2, 0) is 12.8 Å². The van der Waals surface area contributed by atoms with E-state index in [9.17, 15) is 0 Å². The van der Waals surface area contributed by atoms with E-state index in [0.717, 1.165) is 25.9 Å². The SMILES string of the molecule is CC(C)CNCC(Cc1ccsc1)Cc1ccccc1Br. The average molecular weight is 366 g/mol. The first-order valence-electron chi connectivity index (χ1n) is 7.60. The summed E-state index contributed by atoms with van der Waals surface area (Å²) in [5, 5.41) is 8.07. The standard InChI is InChI=1S/C18H24BrNS/c1-14(2)11-20-12-16(9-15-7-8-21-13-15)10-17-5-3-4-6-18(17)19/h3-8,13-14,16,20H,9-12H2,1-2H3. The minimum absolute atomic E-state index is 0.636. The topological polar surface area (TPSA) is 12.0 Å². The molecule has 0 aliphatic heterocycles. The van der Waals surface area contributed by atoms with Gasteiger partial charge in [0.1, 0.15) is 0 Å². The summed E-state index contributed by atoms with van der Waals surface area (Å²) >= 11 is 5.47. The molecule has 114 valence electrons. The molecule has 1 unspecified atom stereocenters. The molecule has 1 atom stereocenters. The van der Waals surface area contributed by atoms with Gasteiger partial charge in [0.25, 0.3) is 0 Å². The number of halogens is 1. The molecule has 1 aromatic heterocycles. The van der Waals surface area contributed by atoms with Crippen molar-refractivity contribution in [3.8, 4) is 0 Å². The zero-order chi connectivity index (χ0) is 15.1. The lowest BCUT2D eigenvalue weighted by atomic mass is 9.93. The van der Waals surface area contributed by atoms with Crippen molar-refractivity contribution in [1.29, 1.82) is 0 Å². The minimum atomic E-state index is 0.636. The molecule has 0 saturated carbocycles. The van der Waals surface area contributed by atoms with Crippen LogP contribution in [0.25, 0.3) is 0 Å². The van der Waals surface area contributed by atoms with Crippen LogP contribution in [0.5, 0.6) is 0 Å². The Balaban J connectivity index is 1.98. The maximum Gasteiger partial charge on any atom is 0.0207 e. The van der Waals surface area contributed by atoms with Gasteiger partial charge in [-0.25, -0.2) is 0 Å². The molecule has 1 N–H and O–H groups in total. The Morgan fingerprint density at radius 2 is 1.90 bits per heavy atom. The van der Waals surface area contributed by atoms with Crippen LogP contribution in [0.1, 0.15) is 25.0 Å². The van der Waals surface area contributed by atoms with Crippen LogP contribution in [0, 0.1) is 11.8 Å². The number of thiophene rings is 1. The van der Waals surface area contributed by atoms with Crippen molar-refractivity contribution in [3.63, 3.8) is 0 Å². The molecule has 1 heterocycles. The summed E-state index contributed by atoms with van der Waals surface area (Å²) in [6.07, 6.45) is 2.26. The van der Waals surface area contributed by atoms with Crippen molar-refractivity contribution in [2.75, 3.05) is 13.1 Å².